The molecule has 1 fully saturated rings. The number of rotatable bonds is 4. The summed E-state index contributed by atoms with van der Waals surface area (Å²) in [5.74, 6) is -0.545. The van der Waals surface area contributed by atoms with Crippen LogP contribution in [-0.4, -0.2) is 35.0 Å². The lowest BCUT2D eigenvalue weighted by molar-refractivity contribution is -0.138. The summed E-state index contributed by atoms with van der Waals surface area (Å²) in [6.45, 7) is 3.32. The van der Waals surface area contributed by atoms with E-state index in [1.165, 1.54) is 5.56 Å². The van der Waals surface area contributed by atoms with Gasteiger partial charge in [0.2, 0.25) is 5.91 Å². The van der Waals surface area contributed by atoms with Gasteiger partial charge in [-0.15, -0.1) is 0 Å². The van der Waals surface area contributed by atoms with E-state index in [0.717, 1.165) is 18.4 Å². The number of carbonyl (C=O) groups is 2. The summed E-state index contributed by atoms with van der Waals surface area (Å²) in [5, 5.41) is 8.78. The minimum atomic E-state index is -0.751. The Balaban J connectivity index is 1.84. The van der Waals surface area contributed by atoms with Crippen molar-refractivity contribution < 1.29 is 14.7 Å². The van der Waals surface area contributed by atoms with Gasteiger partial charge in [-0.3, -0.25) is 9.59 Å². The van der Waals surface area contributed by atoms with Gasteiger partial charge in [-0.25, -0.2) is 0 Å². The molecule has 1 amide bonds. The molecule has 0 atom stereocenters. The number of aryl methyl sites for hydroxylation is 1. The van der Waals surface area contributed by atoms with E-state index in [1.807, 2.05) is 37.3 Å². The van der Waals surface area contributed by atoms with E-state index in [2.05, 4.69) is 0 Å². The number of nitrogens with zero attached hydrogens (tertiary/aromatic N) is 1. The summed E-state index contributed by atoms with van der Waals surface area (Å²) in [7, 11) is 0. The number of hydrogen-bond acceptors (Lipinski definition) is 2. The zero-order valence-electron chi connectivity index (χ0n) is 12.3. The topological polar surface area (TPSA) is 57.6 Å². The molecule has 0 unspecified atom stereocenters. The minimum Gasteiger partial charge on any atom is -0.481 e. The van der Waals surface area contributed by atoms with Crippen molar-refractivity contribution in [3.63, 3.8) is 0 Å². The standard InChI is InChI=1S/C17H21NO3/c1-13-2-4-14(5-3-13)6-7-16(19)18-10-8-15(9-11-18)12-17(20)21/h2-7,15H,8-12H2,1H3,(H,20,21). The Kier molecular flexibility index (Phi) is 5.14. The molecule has 1 saturated heterocycles. The van der Waals surface area contributed by atoms with Crippen molar-refractivity contribution in [3.05, 3.63) is 41.5 Å². The first-order chi connectivity index (χ1) is 10.0. The van der Waals surface area contributed by atoms with E-state index in [9.17, 15) is 9.59 Å². The van der Waals surface area contributed by atoms with Crippen molar-refractivity contribution in [3.8, 4) is 0 Å². The Morgan fingerprint density at radius 1 is 1.24 bits per heavy atom. The summed E-state index contributed by atoms with van der Waals surface area (Å²) >= 11 is 0. The average Bonchev–Trinajstić information content (AvgIpc) is 2.46. The van der Waals surface area contributed by atoms with Gasteiger partial charge in [-0.1, -0.05) is 29.8 Å². The zero-order chi connectivity index (χ0) is 15.2. The Bertz CT molecular complexity index is 525. The number of hydrogen-bond donors (Lipinski definition) is 1. The summed E-state index contributed by atoms with van der Waals surface area (Å²) in [6.07, 6.45) is 5.18. The van der Waals surface area contributed by atoms with Crippen LogP contribution in [0.15, 0.2) is 30.3 Å². The van der Waals surface area contributed by atoms with Gasteiger partial charge < -0.3 is 10.0 Å². The fourth-order valence-corrected chi connectivity index (χ4v) is 2.55. The lowest BCUT2D eigenvalue weighted by atomic mass is 9.93. The third-order valence-corrected chi connectivity index (χ3v) is 3.89. The molecule has 2 rings (SSSR count). The van der Waals surface area contributed by atoms with Gasteiger partial charge in [0.25, 0.3) is 0 Å². The molecule has 0 saturated carbocycles. The van der Waals surface area contributed by atoms with Gasteiger partial charge in [0.15, 0.2) is 0 Å². The Morgan fingerprint density at radius 2 is 1.86 bits per heavy atom. The summed E-state index contributed by atoms with van der Waals surface area (Å²) < 4.78 is 0. The molecular formula is C17H21NO3. The van der Waals surface area contributed by atoms with Crippen molar-refractivity contribution in [2.45, 2.75) is 26.2 Å². The molecule has 0 aliphatic carbocycles. The van der Waals surface area contributed by atoms with Crippen molar-refractivity contribution in [1.82, 2.24) is 4.90 Å². The van der Waals surface area contributed by atoms with Crippen molar-refractivity contribution in [2.24, 2.45) is 5.92 Å². The molecule has 0 spiro atoms. The first-order valence-electron chi connectivity index (χ1n) is 7.30. The molecule has 1 aliphatic rings. The lowest BCUT2D eigenvalue weighted by Crippen LogP contribution is -2.37. The third-order valence-electron chi connectivity index (χ3n) is 3.89. The number of piperidine rings is 1. The zero-order valence-corrected chi connectivity index (χ0v) is 12.3. The van der Waals surface area contributed by atoms with Crippen molar-refractivity contribution >= 4 is 18.0 Å². The second kappa shape index (κ2) is 7.07. The number of carboxylic acid groups (broad SMARTS) is 1. The Morgan fingerprint density at radius 3 is 2.43 bits per heavy atom. The normalized spacial score (nSPS) is 16.3. The van der Waals surface area contributed by atoms with Crippen LogP contribution in [0.5, 0.6) is 0 Å². The number of carboxylic acids is 1. The highest BCUT2D eigenvalue weighted by Crippen LogP contribution is 2.20. The van der Waals surface area contributed by atoms with Crippen molar-refractivity contribution in [2.75, 3.05) is 13.1 Å². The number of benzene rings is 1. The molecule has 0 aromatic heterocycles. The average molecular weight is 287 g/mol. The van der Waals surface area contributed by atoms with E-state index in [-0.39, 0.29) is 18.2 Å². The molecule has 4 nitrogen and oxygen atoms in total. The highest BCUT2D eigenvalue weighted by molar-refractivity contribution is 5.91. The first kappa shape index (κ1) is 15.3. The van der Waals surface area contributed by atoms with Gasteiger partial charge in [-0.2, -0.15) is 0 Å². The van der Waals surface area contributed by atoms with Crippen LogP contribution in [-0.2, 0) is 9.59 Å². The summed E-state index contributed by atoms with van der Waals surface area (Å²) in [4.78, 5) is 24.6. The van der Waals surface area contributed by atoms with Crippen LogP contribution in [0.1, 0.15) is 30.4 Å². The quantitative estimate of drug-likeness (QED) is 0.866. The molecule has 1 N–H and O–H groups in total. The maximum absolute atomic E-state index is 12.1. The van der Waals surface area contributed by atoms with E-state index < -0.39 is 5.97 Å². The molecule has 1 heterocycles. The second-order valence-corrected chi connectivity index (χ2v) is 5.61. The van der Waals surface area contributed by atoms with Gasteiger partial charge in [0.05, 0.1) is 0 Å². The van der Waals surface area contributed by atoms with Crippen LogP contribution in [0.4, 0.5) is 0 Å². The van der Waals surface area contributed by atoms with Crippen LogP contribution in [0.3, 0.4) is 0 Å². The number of carbonyl (C=O) groups excluding carboxylic acids is 1. The van der Waals surface area contributed by atoms with Crippen LogP contribution in [0.2, 0.25) is 0 Å². The largest absolute Gasteiger partial charge is 0.481 e. The first-order valence-corrected chi connectivity index (χ1v) is 7.30. The summed E-state index contributed by atoms with van der Waals surface area (Å²) in [6, 6.07) is 8.00. The van der Waals surface area contributed by atoms with Gasteiger partial charge in [0.1, 0.15) is 0 Å². The molecule has 0 radical (unpaired) electrons. The Hall–Kier alpha value is -2.10. The van der Waals surface area contributed by atoms with E-state index in [1.54, 1.807) is 11.0 Å². The predicted octanol–water partition coefficient (Wildman–Crippen LogP) is 2.72. The second-order valence-electron chi connectivity index (χ2n) is 5.61. The molecule has 1 aromatic rings. The van der Waals surface area contributed by atoms with Crippen LogP contribution < -0.4 is 0 Å². The maximum Gasteiger partial charge on any atom is 0.303 e. The molecule has 21 heavy (non-hydrogen) atoms. The van der Waals surface area contributed by atoms with Gasteiger partial charge >= 0.3 is 5.97 Å². The lowest BCUT2D eigenvalue weighted by Gasteiger charge is -2.30. The number of likely N-dealkylation sites (tertiary alicyclic amines) is 1. The molecule has 112 valence electrons. The molecule has 4 heteroatoms. The van der Waals surface area contributed by atoms with Crippen LogP contribution in [0, 0.1) is 12.8 Å². The summed E-state index contributed by atoms with van der Waals surface area (Å²) in [5.41, 5.74) is 2.20. The molecule has 1 aliphatic heterocycles. The van der Waals surface area contributed by atoms with E-state index in [0.29, 0.717) is 13.1 Å². The number of aliphatic carboxylic acids is 1. The monoisotopic (exact) mass is 287 g/mol. The van der Waals surface area contributed by atoms with E-state index in [4.69, 9.17) is 5.11 Å². The minimum absolute atomic E-state index is 0.00403. The highest BCUT2D eigenvalue weighted by atomic mass is 16.4. The fourth-order valence-electron chi connectivity index (χ4n) is 2.55. The van der Waals surface area contributed by atoms with E-state index >= 15 is 0 Å². The van der Waals surface area contributed by atoms with Gasteiger partial charge in [-0.05, 0) is 37.3 Å². The van der Waals surface area contributed by atoms with Crippen molar-refractivity contribution in [1.29, 1.82) is 0 Å². The van der Waals surface area contributed by atoms with Crippen LogP contribution >= 0.6 is 0 Å². The fraction of sp³-hybridized carbons (Fsp3) is 0.412. The Labute approximate surface area is 125 Å². The molecular weight excluding hydrogens is 266 g/mol. The molecule has 0 bridgehead atoms. The van der Waals surface area contributed by atoms with Gasteiger partial charge in [0, 0.05) is 25.6 Å². The molecule has 1 aromatic carbocycles. The maximum atomic E-state index is 12.1. The SMILES string of the molecule is Cc1ccc(C=CC(=O)N2CCC(CC(=O)O)CC2)cc1. The highest BCUT2D eigenvalue weighted by Gasteiger charge is 2.23. The van der Waals surface area contributed by atoms with Crippen LogP contribution in [0.25, 0.3) is 6.08 Å². The predicted molar refractivity (Wildman–Crippen MR) is 81.8 cm³/mol. The third kappa shape index (κ3) is 4.74. The smallest absolute Gasteiger partial charge is 0.303 e. The number of amides is 1.